The van der Waals surface area contributed by atoms with Crippen LogP contribution in [0.15, 0.2) is 48.7 Å². The van der Waals surface area contributed by atoms with E-state index in [0.29, 0.717) is 5.75 Å². The minimum absolute atomic E-state index is 0.361. The van der Waals surface area contributed by atoms with Crippen LogP contribution in [0.3, 0.4) is 0 Å². The Morgan fingerprint density at radius 2 is 1.83 bits per heavy atom. The molecule has 1 aromatic heterocycles. The van der Waals surface area contributed by atoms with E-state index in [1.165, 1.54) is 6.92 Å². The zero-order chi connectivity index (χ0) is 17.1. The van der Waals surface area contributed by atoms with Gasteiger partial charge in [0.05, 0.1) is 24.7 Å². The normalized spacial score (nSPS) is 10.5. The number of esters is 1. The van der Waals surface area contributed by atoms with Gasteiger partial charge in [-0.25, -0.2) is 4.68 Å². The fraction of sp³-hybridized carbons (Fsp3) is 0.167. The number of hydrogen-bond donors (Lipinski definition) is 0. The molecule has 6 heteroatoms. The number of carbonyl (C=O) groups is 1. The molecule has 0 saturated heterocycles. The maximum absolute atomic E-state index is 11.2. The number of carbonyl (C=O) groups excluding carboxylic acids is 1. The van der Waals surface area contributed by atoms with E-state index in [4.69, 9.17) is 9.47 Å². The van der Waals surface area contributed by atoms with Crippen molar-refractivity contribution in [1.82, 2.24) is 15.0 Å². The molecule has 0 aliphatic heterocycles. The topological polar surface area (TPSA) is 66.2 Å². The molecule has 0 fully saturated rings. The van der Waals surface area contributed by atoms with Crippen molar-refractivity contribution in [3.8, 4) is 28.4 Å². The highest BCUT2D eigenvalue weighted by molar-refractivity contribution is 5.70. The van der Waals surface area contributed by atoms with Gasteiger partial charge in [-0.2, -0.15) is 0 Å². The number of nitrogens with zero attached hydrogens (tertiary/aromatic N) is 3. The van der Waals surface area contributed by atoms with E-state index in [0.717, 1.165) is 28.3 Å². The highest BCUT2D eigenvalue weighted by Gasteiger charge is 2.11. The number of benzene rings is 2. The Hall–Kier alpha value is -3.15. The highest BCUT2D eigenvalue weighted by atomic mass is 16.5. The lowest BCUT2D eigenvalue weighted by atomic mass is 10.1. The Bertz CT molecular complexity index is 869. The molecule has 0 radical (unpaired) electrons. The third-order valence-corrected chi connectivity index (χ3v) is 3.48. The molecule has 6 nitrogen and oxygen atoms in total. The largest absolute Gasteiger partial charge is 0.497 e. The molecule has 122 valence electrons. The number of methoxy groups -OCH3 is 1. The van der Waals surface area contributed by atoms with Crippen LogP contribution in [0.4, 0.5) is 0 Å². The average Bonchev–Trinajstić information content (AvgIpc) is 3.03. The number of ether oxygens (including phenoxy) is 2. The highest BCUT2D eigenvalue weighted by Crippen LogP contribution is 2.26. The predicted octanol–water partition coefficient (Wildman–Crippen LogP) is 3.18. The van der Waals surface area contributed by atoms with E-state index in [1.807, 2.05) is 37.3 Å². The average molecular weight is 323 g/mol. The van der Waals surface area contributed by atoms with Crippen LogP contribution >= 0.6 is 0 Å². The fourth-order valence-electron chi connectivity index (χ4n) is 2.46. The van der Waals surface area contributed by atoms with Gasteiger partial charge in [0.2, 0.25) is 0 Å². The van der Waals surface area contributed by atoms with Crippen LogP contribution in [0.25, 0.3) is 16.9 Å². The van der Waals surface area contributed by atoms with E-state index in [-0.39, 0.29) is 5.97 Å². The second-order valence-electron chi connectivity index (χ2n) is 5.36. The Kier molecular flexibility index (Phi) is 4.29. The third kappa shape index (κ3) is 3.27. The molecular formula is C18H17N3O3. The summed E-state index contributed by atoms with van der Waals surface area (Å²) >= 11 is 0. The molecule has 0 N–H and O–H groups in total. The molecule has 0 aliphatic rings. The number of aromatic nitrogens is 3. The lowest BCUT2D eigenvalue weighted by Gasteiger charge is -2.10. The van der Waals surface area contributed by atoms with Crippen molar-refractivity contribution in [1.29, 1.82) is 0 Å². The summed E-state index contributed by atoms with van der Waals surface area (Å²) in [6.45, 7) is 3.31. The monoisotopic (exact) mass is 323 g/mol. The summed E-state index contributed by atoms with van der Waals surface area (Å²) in [7, 11) is 1.63. The van der Waals surface area contributed by atoms with Crippen molar-refractivity contribution in [2.45, 2.75) is 13.8 Å². The van der Waals surface area contributed by atoms with E-state index in [1.54, 1.807) is 30.1 Å². The number of hydrogen-bond acceptors (Lipinski definition) is 5. The molecule has 2 aromatic carbocycles. The molecule has 3 aromatic rings. The summed E-state index contributed by atoms with van der Waals surface area (Å²) in [5, 5.41) is 8.17. The Labute approximate surface area is 139 Å². The molecule has 0 unspecified atom stereocenters. The van der Waals surface area contributed by atoms with Crippen molar-refractivity contribution in [2.24, 2.45) is 0 Å². The lowest BCUT2D eigenvalue weighted by molar-refractivity contribution is -0.131. The molecule has 0 saturated carbocycles. The van der Waals surface area contributed by atoms with Crippen LogP contribution < -0.4 is 9.47 Å². The minimum Gasteiger partial charge on any atom is -0.497 e. The maximum atomic E-state index is 11.2. The van der Waals surface area contributed by atoms with Gasteiger partial charge < -0.3 is 9.47 Å². The second kappa shape index (κ2) is 6.54. The van der Waals surface area contributed by atoms with Gasteiger partial charge in [-0.1, -0.05) is 5.21 Å². The van der Waals surface area contributed by atoms with Gasteiger partial charge in [0.1, 0.15) is 11.5 Å². The molecular weight excluding hydrogens is 306 g/mol. The van der Waals surface area contributed by atoms with Crippen molar-refractivity contribution in [3.63, 3.8) is 0 Å². The zero-order valence-electron chi connectivity index (χ0n) is 13.7. The van der Waals surface area contributed by atoms with E-state index in [2.05, 4.69) is 10.3 Å². The van der Waals surface area contributed by atoms with Crippen LogP contribution in [0, 0.1) is 6.92 Å². The molecule has 0 amide bonds. The van der Waals surface area contributed by atoms with Crippen LogP contribution in [0.2, 0.25) is 0 Å². The molecule has 24 heavy (non-hydrogen) atoms. The first-order valence-corrected chi connectivity index (χ1v) is 7.42. The second-order valence-corrected chi connectivity index (χ2v) is 5.36. The van der Waals surface area contributed by atoms with E-state index in [9.17, 15) is 4.79 Å². The number of rotatable bonds is 4. The standard InChI is InChI=1S/C18H17N3O3/c1-12-8-15(10-17(9-12)24-13(2)22)21-18(11-19-20-21)14-4-6-16(23-3)7-5-14/h4-11H,1-3H3. The molecule has 0 spiro atoms. The van der Waals surface area contributed by atoms with Crippen molar-refractivity contribution < 1.29 is 14.3 Å². The Balaban J connectivity index is 2.03. The van der Waals surface area contributed by atoms with Gasteiger partial charge in [-0.05, 0) is 48.9 Å². The molecule has 1 heterocycles. The lowest BCUT2D eigenvalue weighted by Crippen LogP contribution is -2.04. The maximum Gasteiger partial charge on any atom is 0.308 e. The van der Waals surface area contributed by atoms with Crippen LogP contribution in [-0.2, 0) is 4.79 Å². The van der Waals surface area contributed by atoms with Gasteiger partial charge in [-0.3, -0.25) is 4.79 Å². The fourth-order valence-corrected chi connectivity index (χ4v) is 2.46. The van der Waals surface area contributed by atoms with Gasteiger partial charge in [-0.15, -0.1) is 5.10 Å². The summed E-state index contributed by atoms with van der Waals surface area (Å²) in [6.07, 6.45) is 1.69. The molecule has 0 aliphatic carbocycles. The van der Waals surface area contributed by atoms with Gasteiger partial charge >= 0.3 is 5.97 Å². The van der Waals surface area contributed by atoms with Crippen molar-refractivity contribution in [2.75, 3.05) is 7.11 Å². The smallest absolute Gasteiger partial charge is 0.308 e. The van der Waals surface area contributed by atoms with Crippen LogP contribution in [-0.4, -0.2) is 28.1 Å². The van der Waals surface area contributed by atoms with Crippen molar-refractivity contribution >= 4 is 5.97 Å². The van der Waals surface area contributed by atoms with Gasteiger partial charge in [0, 0.05) is 18.6 Å². The first-order chi connectivity index (χ1) is 11.6. The summed E-state index contributed by atoms with van der Waals surface area (Å²) in [6, 6.07) is 13.2. The summed E-state index contributed by atoms with van der Waals surface area (Å²) < 4.78 is 12.1. The molecule has 0 atom stereocenters. The predicted molar refractivity (Wildman–Crippen MR) is 89.4 cm³/mol. The summed E-state index contributed by atoms with van der Waals surface area (Å²) in [5.41, 5.74) is 3.52. The van der Waals surface area contributed by atoms with Crippen LogP contribution in [0.5, 0.6) is 11.5 Å². The summed E-state index contributed by atoms with van der Waals surface area (Å²) in [5.74, 6) is 0.902. The Morgan fingerprint density at radius 3 is 2.50 bits per heavy atom. The van der Waals surface area contributed by atoms with Gasteiger partial charge in [0.25, 0.3) is 0 Å². The van der Waals surface area contributed by atoms with Gasteiger partial charge in [0.15, 0.2) is 0 Å². The zero-order valence-corrected chi connectivity index (χ0v) is 13.7. The first-order valence-electron chi connectivity index (χ1n) is 7.42. The third-order valence-electron chi connectivity index (χ3n) is 3.48. The quantitative estimate of drug-likeness (QED) is 0.545. The SMILES string of the molecule is COc1ccc(-c2cnnn2-c2cc(C)cc(OC(C)=O)c2)cc1. The number of aryl methyl sites for hydroxylation is 1. The molecule has 3 rings (SSSR count). The first kappa shape index (κ1) is 15.7. The summed E-state index contributed by atoms with van der Waals surface area (Å²) in [4.78, 5) is 11.2. The van der Waals surface area contributed by atoms with Crippen molar-refractivity contribution in [3.05, 3.63) is 54.2 Å². The Morgan fingerprint density at radius 1 is 1.08 bits per heavy atom. The van der Waals surface area contributed by atoms with E-state index >= 15 is 0 Å². The minimum atomic E-state index is -0.361. The molecule has 0 bridgehead atoms. The van der Waals surface area contributed by atoms with E-state index < -0.39 is 0 Å². The van der Waals surface area contributed by atoms with Crippen LogP contribution in [0.1, 0.15) is 12.5 Å².